The van der Waals surface area contributed by atoms with Gasteiger partial charge in [0, 0.05) is 56.1 Å². The summed E-state index contributed by atoms with van der Waals surface area (Å²) in [4.78, 5) is 28.1. The van der Waals surface area contributed by atoms with E-state index >= 15 is 0 Å². The molecule has 2 aromatic carbocycles. The predicted octanol–water partition coefficient (Wildman–Crippen LogP) is 6.11. The second-order valence-electron chi connectivity index (χ2n) is 12.6. The maximum absolute atomic E-state index is 14.0. The molecule has 1 unspecified atom stereocenters. The number of anilines is 3. The fraction of sp³-hybridized carbons (Fsp3) is 0.343. The largest absolute Gasteiger partial charge is 0.395 e. The molecule has 0 radical (unpaired) electrons. The molecule has 5 N–H and O–H groups in total. The van der Waals surface area contributed by atoms with Crippen molar-refractivity contribution in [1.29, 1.82) is 0 Å². The van der Waals surface area contributed by atoms with Crippen molar-refractivity contribution in [3.05, 3.63) is 87.5 Å². The highest BCUT2D eigenvalue weighted by atomic mass is 35.5. The van der Waals surface area contributed by atoms with Crippen LogP contribution in [0, 0.1) is 0 Å². The van der Waals surface area contributed by atoms with Crippen molar-refractivity contribution in [2.24, 2.45) is 0 Å². The number of rotatable bonds is 11. The molecule has 0 bridgehead atoms. The van der Waals surface area contributed by atoms with Crippen LogP contribution < -0.4 is 16.0 Å². The number of aliphatic hydroxyl groups excluding tert-OH is 2. The summed E-state index contributed by atoms with van der Waals surface area (Å²) in [5, 5.41) is 33.3. The maximum Gasteiger partial charge on any atom is 0.297 e. The Bertz CT molecular complexity index is 2080. The third-order valence-corrected chi connectivity index (χ3v) is 9.83. The number of hydrogen-bond donors (Lipinski definition) is 5. The third-order valence-electron chi connectivity index (χ3n) is 9.01. The van der Waals surface area contributed by atoms with E-state index in [-0.39, 0.29) is 51.3 Å². The van der Waals surface area contributed by atoms with Gasteiger partial charge in [-0.25, -0.2) is 18.7 Å². The van der Waals surface area contributed by atoms with Gasteiger partial charge in [-0.05, 0) is 49.1 Å². The van der Waals surface area contributed by atoms with Crippen molar-refractivity contribution in [3.8, 4) is 11.1 Å². The molecule has 7 rings (SSSR count). The lowest BCUT2D eigenvalue weighted by molar-refractivity contribution is 0.102. The summed E-state index contributed by atoms with van der Waals surface area (Å²) >= 11 is 13.8. The van der Waals surface area contributed by atoms with Crippen LogP contribution >= 0.6 is 23.2 Å². The Morgan fingerprint density at radius 1 is 1.02 bits per heavy atom. The lowest BCUT2D eigenvalue weighted by atomic mass is 10.0. The van der Waals surface area contributed by atoms with Gasteiger partial charge in [-0.3, -0.25) is 19.4 Å². The summed E-state index contributed by atoms with van der Waals surface area (Å²) in [6.07, 6.45) is 0.773. The summed E-state index contributed by atoms with van der Waals surface area (Å²) in [7, 11) is 0. The minimum absolute atomic E-state index is 0.0115. The number of carbonyl (C=O) groups excluding carboxylic acids is 1. The first-order chi connectivity index (χ1) is 24.7. The lowest BCUT2D eigenvalue weighted by Crippen LogP contribution is -2.29. The number of likely N-dealkylation sites (tertiary alicyclic amines) is 1. The molecule has 0 aliphatic carbocycles. The molecule has 1 fully saturated rings. The molecule has 51 heavy (non-hydrogen) atoms. The molecule has 1 amide bonds. The average Bonchev–Trinajstić information content (AvgIpc) is 3.75. The first-order valence-electron chi connectivity index (χ1n) is 16.6. The van der Waals surface area contributed by atoms with Gasteiger partial charge in [0.05, 0.1) is 45.3 Å². The van der Waals surface area contributed by atoms with Crippen LogP contribution in [0.1, 0.15) is 59.3 Å². The Labute approximate surface area is 301 Å². The van der Waals surface area contributed by atoms with Gasteiger partial charge in [0.15, 0.2) is 17.3 Å². The van der Waals surface area contributed by atoms with Gasteiger partial charge in [0.2, 0.25) is 0 Å². The van der Waals surface area contributed by atoms with Gasteiger partial charge in [-0.2, -0.15) is 5.10 Å². The normalized spacial score (nSPS) is 17.6. The molecular weight excluding hydrogens is 703 g/mol. The highest BCUT2D eigenvalue weighted by Gasteiger charge is 2.26. The molecule has 2 aliphatic heterocycles. The molecule has 1 saturated heterocycles. The highest BCUT2D eigenvalue weighted by molar-refractivity contribution is 6.39. The fourth-order valence-electron chi connectivity index (χ4n) is 6.59. The Kier molecular flexibility index (Phi) is 10.4. The monoisotopic (exact) mass is 737 g/mol. The molecule has 5 heterocycles. The van der Waals surface area contributed by atoms with Crippen LogP contribution in [0.4, 0.5) is 26.0 Å². The number of aliphatic hydroxyl groups is 2. The Hall–Kier alpha value is -4.31. The van der Waals surface area contributed by atoms with Crippen LogP contribution in [-0.2, 0) is 13.1 Å². The molecule has 3 aromatic heterocycles. The molecule has 0 saturated carbocycles. The second kappa shape index (κ2) is 15.1. The number of β-amino-alcohol motifs (C(OH)–C–C–N with tert-alkyl or cyclic N) is 1. The van der Waals surface area contributed by atoms with Gasteiger partial charge < -0.3 is 26.2 Å². The number of halogens is 4. The molecular formula is C35H35Cl2F2N9O3. The van der Waals surface area contributed by atoms with Gasteiger partial charge in [-0.1, -0.05) is 47.5 Å². The highest BCUT2D eigenvalue weighted by Crippen LogP contribution is 2.41. The number of alkyl halides is 2. The maximum atomic E-state index is 14.0. The summed E-state index contributed by atoms with van der Waals surface area (Å²) in [5.74, 6) is -1.03. The molecule has 0 spiro atoms. The quantitative estimate of drug-likeness (QED) is 0.107. The van der Waals surface area contributed by atoms with Gasteiger partial charge in [-0.15, -0.1) is 0 Å². The van der Waals surface area contributed by atoms with Gasteiger partial charge in [0.1, 0.15) is 5.52 Å². The summed E-state index contributed by atoms with van der Waals surface area (Å²) < 4.78 is 29.7. The van der Waals surface area contributed by atoms with Gasteiger partial charge >= 0.3 is 0 Å². The van der Waals surface area contributed by atoms with E-state index in [1.807, 2.05) is 4.68 Å². The Balaban J connectivity index is 1.14. The Morgan fingerprint density at radius 2 is 1.78 bits per heavy atom. The summed E-state index contributed by atoms with van der Waals surface area (Å²) in [5.41, 5.74) is 4.18. The van der Waals surface area contributed by atoms with Crippen molar-refractivity contribution < 1.29 is 23.8 Å². The number of nitrogens with zero attached hydrogens (tertiary/aromatic N) is 6. The van der Waals surface area contributed by atoms with Crippen molar-refractivity contribution >= 4 is 57.3 Å². The first-order valence-corrected chi connectivity index (χ1v) is 17.4. The van der Waals surface area contributed by atoms with E-state index in [1.54, 1.807) is 54.7 Å². The van der Waals surface area contributed by atoms with E-state index < -0.39 is 18.2 Å². The van der Waals surface area contributed by atoms with Crippen molar-refractivity contribution in [2.45, 2.75) is 50.9 Å². The zero-order chi connectivity index (χ0) is 35.6. The number of fused-ring (bicyclic) bond motifs is 2. The first kappa shape index (κ1) is 35.1. The van der Waals surface area contributed by atoms with E-state index in [0.717, 1.165) is 30.6 Å². The number of carbonyl (C=O) groups is 1. The molecule has 16 heteroatoms. The number of aromatic nitrogens is 5. The number of hydrogen-bond acceptors (Lipinski definition) is 10. The number of aryl methyl sites for hydroxylation is 1. The lowest BCUT2D eigenvalue weighted by Gasteiger charge is -2.24. The molecule has 2 atom stereocenters. The fourth-order valence-corrected chi connectivity index (χ4v) is 7.14. The van der Waals surface area contributed by atoms with Crippen LogP contribution in [0.3, 0.4) is 0 Å². The molecule has 5 aromatic rings. The van der Waals surface area contributed by atoms with Crippen molar-refractivity contribution in [1.82, 2.24) is 34.9 Å². The third kappa shape index (κ3) is 7.52. The SMILES string of the molecule is O=C(Nc1cccc(-c2cccc(Nc3nc(C(F)F)nc4cc(CN5CC[C@@H](O)C5)cnc34)c2Cl)c1Cl)c1cc2n(n1)CCCC2NCCO. The predicted molar refractivity (Wildman–Crippen MR) is 191 cm³/mol. The van der Waals surface area contributed by atoms with E-state index in [4.69, 9.17) is 23.2 Å². The summed E-state index contributed by atoms with van der Waals surface area (Å²) in [6.45, 7) is 2.89. The van der Waals surface area contributed by atoms with Crippen LogP contribution in [0.15, 0.2) is 54.7 Å². The Morgan fingerprint density at radius 3 is 2.51 bits per heavy atom. The standard InChI is InChI=1S/C35H35Cl2F2N9O3/c36-29-21(22-5-2-7-25(30(22)37)44-35(51)27-15-28-23(40-10-13-49)8-3-11-48(28)46-27)4-1-6-24(29)42-33-31-26(43-34(45-33)32(38)39)14-19(16-41-31)17-47-12-9-20(50)18-47/h1-2,4-7,14-16,20,23,32,40,49-50H,3,8-13,17-18H2,(H,44,51)(H,42,43,45)/t20-,23?/m1/s1. The molecule has 12 nitrogen and oxygen atoms in total. The number of benzene rings is 2. The number of nitrogens with one attached hydrogen (secondary N) is 3. The summed E-state index contributed by atoms with van der Waals surface area (Å²) in [6, 6.07) is 13.8. The number of pyridine rings is 1. The van der Waals surface area contributed by atoms with Crippen molar-refractivity contribution in [3.63, 3.8) is 0 Å². The van der Waals surface area contributed by atoms with Crippen molar-refractivity contribution in [2.75, 3.05) is 36.9 Å². The van der Waals surface area contributed by atoms with E-state index in [9.17, 15) is 23.8 Å². The van der Waals surface area contributed by atoms with E-state index in [0.29, 0.717) is 55.1 Å². The van der Waals surface area contributed by atoms with E-state index in [1.165, 1.54) is 0 Å². The van der Waals surface area contributed by atoms with E-state index in [2.05, 4.69) is 40.9 Å². The average molecular weight is 739 g/mol. The molecule has 266 valence electrons. The topological polar surface area (TPSA) is 153 Å². The van der Waals surface area contributed by atoms with Crippen LogP contribution in [0.5, 0.6) is 0 Å². The smallest absolute Gasteiger partial charge is 0.297 e. The molecule has 2 aliphatic rings. The van der Waals surface area contributed by atoms with Crippen LogP contribution in [-0.4, -0.2) is 78.1 Å². The van der Waals surface area contributed by atoms with Gasteiger partial charge in [0.25, 0.3) is 12.3 Å². The zero-order valence-electron chi connectivity index (χ0n) is 27.3. The second-order valence-corrected chi connectivity index (χ2v) is 13.3. The van der Waals surface area contributed by atoms with Crippen LogP contribution in [0.2, 0.25) is 10.0 Å². The number of amides is 1. The zero-order valence-corrected chi connectivity index (χ0v) is 28.8. The van der Waals surface area contributed by atoms with Crippen LogP contribution in [0.25, 0.3) is 22.2 Å². The minimum Gasteiger partial charge on any atom is -0.395 e. The minimum atomic E-state index is -2.93.